The van der Waals surface area contributed by atoms with Crippen molar-refractivity contribution in [3.05, 3.63) is 260 Å². The van der Waals surface area contributed by atoms with Gasteiger partial charge in [0.2, 0.25) is 13.6 Å². The Morgan fingerprint density at radius 2 is 0.842 bits per heavy atom. The minimum absolute atomic E-state index is 0.0279. The van der Waals surface area contributed by atoms with E-state index in [2.05, 4.69) is 19.6 Å². The zero-order chi connectivity index (χ0) is 81.3. The van der Waals surface area contributed by atoms with E-state index in [1.165, 1.54) is 9.13 Å². The first-order valence-electron chi connectivity index (χ1n) is 35.9. The summed E-state index contributed by atoms with van der Waals surface area (Å²) in [5.41, 5.74) is 14.4. The lowest BCUT2D eigenvalue weighted by Gasteiger charge is -2.22. The molecule has 31 heteroatoms. The van der Waals surface area contributed by atoms with E-state index in [0.717, 1.165) is 77.8 Å². The van der Waals surface area contributed by atoms with Gasteiger partial charge < -0.3 is 52.8 Å². The average molecular weight is 1590 g/mol. The molecule has 14 rings (SSSR count). The number of imidazole rings is 3. The van der Waals surface area contributed by atoms with Crippen molar-refractivity contribution in [2.45, 2.75) is 106 Å². The number of aryl methyl sites for hydroxylation is 8. The summed E-state index contributed by atoms with van der Waals surface area (Å²) < 4.78 is 60.1. The Bertz CT molecular complexity index is 5690. The van der Waals surface area contributed by atoms with E-state index >= 15 is 0 Å². The molecule has 0 amide bonds. The van der Waals surface area contributed by atoms with Crippen molar-refractivity contribution >= 4 is 56.6 Å². The van der Waals surface area contributed by atoms with Gasteiger partial charge >= 0.3 is 29.0 Å². The molecule has 3 atom stereocenters. The zero-order valence-corrected chi connectivity index (χ0v) is 64.7. The number of ether oxygens (including phenoxy) is 9. The van der Waals surface area contributed by atoms with E-state index in [4.69, 9.17) is 64.7 Å². The van der Waals surface area contributed by atoms with E-state index in [1.807, 2.05) is 109 Å². The van der Waals surface area contributed by atoms with E-state index in [-0.39, 0.29) is 71.0 Å². The van der Waals surface area contributed by atoms with Crippen LogP contribution in [-0.4, -0.2) is 118 Å². The summed E-state index contributed by atoms with van der Waals surface area (Å²) in [6, 6.07) is 43.8. The molecule has 114 heavy (non-hydrogen) atoms. The third kappa shape index (κ3) is 17.7. The highest BCUT2D eigenvalue weighted by Gasteiger charge is 2.28. The van der Waals surface area contributed by atoms with E-state index in [0.29, 0.717) is 90.0 Å². The number of para-hydroxylation sites is 2. The summed E-state index contributed by atoms with van der Waals surface area (Å²) in [6.07, 6.45) is -1.95. The van der Waals surface area contributed by atoms with Crippen LogP contribution in [0.2, 0.25) is 5.02 Å². The number of carboxylic acid groups (broad SMARTS) is 2. The molecule has 5 heterocycles. The number of carboxylic acids is 2. The molecule has 3 unspecified atom stereocenters. The van der Waals surface area contributed by atoms with E-state index in [1.54, 1.807) is 124 Å². The first-order chi connectivity index (χ1) is 54.8. The van der Waals surface area contributed by atoms with Gasteiger partial charge in [-0.3, -0.25) is 58.0 Å². The summed E-state index contributed by atoms with van der Waals surface area (Å²) in [5.74, 6) is 3.11. The molecule has 0 spiro atoms. The monoisotopic (exact) mass is 1580 g/mol. The van der Waals surface area contributed by atoms with Gasteiger partial charge in [-0.1, -0.05) is 78.3 Å². The summed E-state index contributed by atoms with van der Waals surface area (Å²) in [6.45, 7) is 13.2. The SMILES string of the molecule is COc1cc(OC)cc(C(COO)Oc2c(C)cc(Cn3c(=O)n(CC(=O)O)c4ccccc43)cc2C)c1.Cc1cc(Cn2c(=O)n(C)c3cc(COO)ccc32)cc(Cl)c1OC(COO)c1ccc2c(c1)OCO2.Cc1cc(Cn2c(=O)n(CC(=O)O)c3c(C)c(C)ccc32)cc(C)c1OC(COO)c1ccc2c(c1)OCO2. The van der Waals surface area contributed by atoms with Crippen LogP contribution in [0.1, 0.15) is 96.2 Å². The molecule has 0 bridgehead atoms. The van der Waals surface area contributed by atoms with Crippen LogP contribution in [0.5, 0.6) is 51.7 Å². The lowest BCUT2D eigenvalue weighted by molar-refractivity contribution is -0.255. The van der Waals surface area contributed by atoms with Crippen LogP contribution in [0.25, 0.3) is 33.1 Å². The van der Waals surface area contributed by atoms with E-state index in [9.17, 15) is 44.7 Å². The van der Waals surface area contributed by atoms with Crippen molar-refractivity contribution in [1.82, 2.24) is 27.4 Å². The first kappa shape index (κ1) is 81.4. The maximum atomic E-state index is 13.4. The molecule has 30 nitrogen and oxygen atoms in total. The number of halogens is 1. The normalized spacial score (nSPS) is 12.8. The minimum Gasteiger partial charge on any atom is -0.497 e. The number of fused-ring (bicyclic) bond motifs is 5. The van der Waals surface area contributed by atoms with Crippen LogP contribution in [0.15, 0.2) is 160 Å². The van der Waals surface area contributed by atoms with Crippen LogP contribution in [0.3, 0.4) is 0 Å². The highest BCUT2D eigenvalue weighted by molar-refractivity contribution is 6.32. The predicted molar refractivity (Wildman–Crippen MR) is 418 cm³/mol. The smallest absolute Gasteiger partial charge is 0.329 e. The Morgan fingerprint density at radius 1 is 0.421 bits per heavy atom. The second-order valence-corrected chi connectivity index (χ2v) is 27.9. The van der Waals surface area contributed by atoms with Gasteiger partial charge in [0.05, 0.1) is 72.0 Å². The van der Waals surface area contributed by atoms with Gasteiger partial charge in [0.1, 0.15) is 68.3 Å². The number of hydrogen-bond donors (Lipinski definition) is 6. The number of benzene rings is 9. The molecular formula is C83H85ClN6O24. The molecular weight excluding hydrogens is 1500 g/mol. The Labute approximate surface area is 656 Å². The maximum Gasteiger partial charge on any atom is 0.329 e. The Hall–Kier alpha value is -12.1. The summed E-state index contributed by atoms with van der Waals surface area (Å²) in [5, 5.41) is 55.4. The number of carbonyl (C=O) groups is 2. The topological polar surface area (TPSA) is 356 Å². The molecule has 2 aliphatic rings. The van der Waals surface area contributed by atoms with Gasteiger partial charge in [0.15, 0.2) is 41.3 Å². The van der Waals surface area contributed by atoms with Crippen molar-refractivity contribution in [2.24, 2.45) is 7.05 Å². The highest BCUT2D eigenvalue weighted by atomic mass is 35.5. The number of aliphatic carboxylic acids is 2. The lowest BCUT2D eigenvalue weighted by atomic mass is 10.0. The number of rotatable bonds is 29. The van der Waals surface area contributed by atoms with Gasteiger partial charge in [-0.25, -0.2) is 33.9 Å². The highest BCUT2D eigenvalue weighted by Crippen LogP contribution is 2.41. The third-order valence-electron chi connectivity index (χ3n) is 19.7. The van der Waals surface area contributed by atoms with Crippen molar-refractivity contribution in [3.63, 3.8) is 0 Å². The summed E-state index contributed by atoms with van der Waals surface area (Å²) in [4.78, 5) is 79.9. The molecule has 0 saturated carbocycles. The molecule has 9 aromatic carbocycles. The van der Waals surface area contributed by atoms with E-state index < -0.39 is 49.0 Å². The molecule has 0 fully saturated rings. The van der Waals surface area contributed by atoms with Crippen LogP contribution in [-0.2, 0) is 75.5 Å². The molecule has 0 aliphatic carbocycles. The van der Waals surface area contributed by atoms with Crippen LogP contribution >= 0.6 is 11.6 Å². The number of nitrogens with zero attached hydrogens (tertiary/aromatic N) is 6. The Kier molecular flexibility index (Phi) is 25.5. The Morgan fingerprint density at radius 3 is 1.32 bits per heavy atom. The van der Waals surface area contributed by atoms with Crippen LogP contribution in [0.4, 0.5) is 0 Å². The Balaban J connectivity index is 0.000000158. The summed E-state index contributed by atoms with van der Waals surface area (Å²) in [7, 11) is 4.79. The van der Waals surface area contributed by atoms with Gasteiger partial charge in [-0.15, -0.1) is 0 Å². The summed E-state index contributed by atoms with van der Waals surface area (Å²) >= 11 is 6.64. The fourth-order valence-corrected chi connectivity index (χ4v) is 14.6. The van der Waals surface area contributed by atoms with Crippen molar-refractivity contribution in [3.8, 4) is 51.7 Å². The number of hydrogen-bond acceptors (Lipinski definition) is 22. The predicted octanol–water partition coefficient (Wildman–Crippen LogP) is 13.4. The fraction of sp³-hybridized carbons (Fsp3) is 0.289. The molecule has 12 aromatic rings. The van der Waals surface area contributed by atoms with Crippen molar-refractivity contribution < 1.29 is 103 Å². The van der Waals surface area contributed by atoms with Gasteiger partial charge in [-0.05, 0) is 194 Å². The quantitative estimate of drug-likeness (QED) is 0.0187. The molecule has 6 N–H and O–H groups in total. The largest absolute Gasteiger partial charge is 0.497 e. The van der Waals surface area contributed by atoms with Gasteiger partial charge in [-0.2, -0.15) is 0 Å². The first-order valence-corrected chi connectivity index (χ1v) is 36.3. The maximum absolute atomic E-state index is 13.4. The van der Waals surface area contributed by atoms with Crippen LogP contribution < -0.4 is 59.7 Å². The number of aromatic nitrogens is 6. The van der Waals surface area contributed by atoms with Gasteiger partial charge in [0, 0.05) is 18.7 Å². The standard InChI is InChI=1S/C29H30N2O8.C28H30N2O8.C26H25ClN2O8/c1-16-5-7-22-27(19(16)4)31(13-26(32)33)29(34)30(22)12-20-9-17(2)28(18(3)10-20)39-25(14-38-35)21-6-8-23-24(11-21)37-15-36-23;1-17-9-19(14-29-23-7-5-6-8-24(23)30(28(29)33)15-26(31)32)10-18(2)27(17)38-25(16-37-34)20-11-21(35-3)13-22(12-20)36-4;1-15-7-17(11-29-20-5-3-16(12-35-31)9-21(20)28(2)26(29)30)8-19(27)25(15)37-24(13-36-32)18-4-6-22-23(10-18)34-14-33-22/h5-11,25,35H,12-15H2,1-4H3,(H,32,33);5-13,25,34H,14-16H2,1-4H3,(H,31,32);3-10,24,31-32H,11-14H2,1-2H3. The number of methoxy groups -OCH3 is 2. The second kappa shape index (κ2) is 35.7. The molecule has 0 saturated heterocycles. The zero-order valence-electron chi connectivity index (χ0n) is 64.0. The molecule has 598 valence electrons. The molecule has 3 aromatic heterocycles. The lowest BCUT2D eigenvalue weighted by Crippen LogP contribution is -2.27. The van der Waals surface area contributed by atoms with Gasteiger partial charge in [0.25, 0.3) is 0 Å². The molecule has 2 aliphatic heterocycles. The third-order valence-corrected chi connectivity index (χ3v) is 20.0. The van der Waals surface area contributed by atoms with Crippen LogP contribution in [0, 0.1) is 48.5 Å². The molecule has 0 radical (unpaired) electrons. The second-order valence-electron chi connectivity index (χ2n) is 27.5. The fourth-order valence-electron chi connectivity index (χ4n) is 14.3. The average Bonchev–Trinajstić information content (AvgIpc) is 1.61. The van der Waals surface area contributed by atoms with Crippen molar-refractivity contribution in [1.29, 1.82) is 0 Å². The van der Waals surface area contributed by atoms with Crippen molar-refractivity contribution in [2.75, 3.05) is 47.6 Å². The minimum atomic E-state index is -1.08.